The number of fused-ring (bicyclic) bond motifs is 1. The molecule has 4 atom stereocenters. The zero-order chi connectivity index (χ0) is 19.2. The van der Waals surface area contributed by atoms with E-state index in [9.17, 15) is 15.3 Å². The number of nitrogen functional groups attached to an aromatic ring is 2. The SMILES string of the molecule is Nc1ccc(C[C@@]2(n3cnc4c(N)ncnc43)O[C@H](CO)[C@@H](O)[C@H]2O)cc1. The first-order valence-corrected chi connectivity index (χ1v) is 8.39. The highest BCUT2D eigenvalue weighted by Crippen LogP contribution is 2.40. The summed E-state index contributed by atoms with van der Waals surface area (Å²) in [6.45, 7) is -0.453. The maximum absolute atomic E-state index is 10.9. The van der Waals surface area contributed by atoms with Crippen molar-refractivity contribution in [2.45, 2.75) is 30.5 Å². The van der Waals surface area contributed by atoms with E-state index < -0.39 is 30.6 Å². The van der Waals surface area contributed by atoms with Gasteiger partial charge in [-0.3, -0.25) is 4.57 Å². The molecule has 1 fully saturated rings. The molecule has 0 radical (unpaired) electrons. The summed E-state index contributed by atoms with van der Waals surface area (Å²) in [7, 11) is 0. The van der Waals surface area contributed by atoms with E-state index in [0.717, 1.165) is 5.56 Å². The molecule has 3 heterocycles. The predicted molar refractivity (Wildman–Crippen MR) is 96.2 cm³/mol. The number of ether oxygens (including phenoxy) is 1. The van der Waals surface area contributed by atoms with Crippen LogP contribution in [0.15, 0.2) is 36.9 Å². The van der Waals surface area contributed by atoms with E-state index in [1.165, 1.54) is 17.2 Å². The molecule has 0 aliphatic carbocycles. The number of nitrogens with two attached hydrogens (primary N) is 2. The molecule has 1 aromatic carbocycles. The lowest BCUT2D eigenvalue weighted by Crippen LogP contribution is -2.47. The van der Waals surface area contributed by atoms with E-state index in [2.05, 4.69) is 15.0 Å². The average molecular weight is 372 g/mol. The molecule has 7 N–H and O–H groups in total. The minimum atomic E-state index is -1.45. The zero-order valence-corrected chi connectivity index (χ0v) is 14.3. The van der Waals surface area contributed by atoms with Crippen LogP contribution in [0.25, 0.3) is 11.2 Å². The number of anilines is 2. The van der Waals surface area contributed by atoms with Crippen molar-refractivity contribution in [3.8, 4) is 0 Å². The molecular formula is C17H20N6O4. The van der Waals surface area contributed by atoms with Gasteiger partial charge in [0.25, 0.3) is 0 Å². The van der Waals surface area contributed by atoms with Gasteiger partial charge in [-0.25, -0.2) is 15.0 Å². The second-order valence-electron chi connectivity index (χ2n) is 6.58. The Labute approximate surface area is 154 Å². The number of benzene rings is 1. The van der Waals surface area contributed by atoms with Crippen molar-refractivity contribution in [1.29, 1.82) is 0 Å². The fourth-order valence-corrected chi connectivity index (χ4v) is 3.51. The van der Waals surface area contributed by atoms with Crippen molar-refractivity contribution in [3.63, 3.8) is 0 Å². The van der Waals surface area contributed by atoms with Gasteiger partial charge in [0.2, 0.25) is 0 Å². The third-order valence-electron chi connectivity index (χ3n) is 4.91. The Kier molecular flexibility index (Phi) is 4.19. The van der Waals surface area contributed by atoms with Gasteiger partial charge < -0.3 is 31.5 Å². The van der Waals surface area contributed by atoms with Crippen LogP contribution in [-0.4, -0.2) is 59.8 Å². The van der Waals surface area contributed by atoms with Crippen LogP contribution in [-0.2, 0) is 16.9 Å². The molecule has 0 bridgehead atoms. The highest BCUT2D eigenvalue weighted by Gasteiger charge is 2.55. The number of aliphatic hydroxyl groups is 3. The first-order valence-electron chi connectivity index (χ1n) is 8.39. The Balaban J connectivity index is 1.88. The lowest BCUT2D eigenvalue weighted by Gasteiger charge is -2.34. The second kappa shape index (κ2) is 6.43. The standard InChI is InChI=1S/C17H20N6O4/c18-10-3-1-9(2-4-10)5-17(14(26)13(25)11(6-24)27-17)23-8-22-12-15(19)20-7-21-16(12)23/h1-4,7-8,11,13-14,24-26H,5-6,18H2,(H2,19,20,21)/t11-,13-,14-,17-/m1/s1. The van der Waals surface area contributed by atoms with Crippen LogP contribution in [0.4, 0.5) is 11.5 Å². The van der Waals surface area contributed by atoms with Gasteiger partial charge in [-0.05, 0) is 17.7 Å². The molecule has 1 saturated heterocycles. The van der Waals surface area contributed by atoms with Gasteiger partial charge in [0.1, 0.15) is 30.2 Å². The van der Waals surface area contributed by atoms with E-state index in [-0.39, 0.29) is 12.2 Å². The van der Waals surface area contributed by atoms with E-state index >= 15 is 0 Å². The highest BCUT2D eigenvalue weighted by molar-refractivity contribution is 5.81. The van der Waals surface area contributed by atoms with Crippen molar-refractivity contribution >= 4 is 22.7 Å². The summed E-state index contributed by atoms with van der Waals surface area (Å²) in [5, 5.41) is 30.8. The number of imidazole rings is 1. The van der Waals surface area contributed by atoms with Crippen LogP contribution < -0.4 is 11.5 Å². The first kappa shape index (κ1) is 17.6. The number of hydrogen-bond donors (Lipinski definition) is 5. The lowest BCUT2D eigenvalue weighted by molar-refractivity contribution is -0.145. The van der Waals surface area contributed by atoms with Crippen LogP contribution in [0.3, 0.4) is 0 Å². The summed E-state index contributed by atoms with van der Waals surface area (Å²) in [6, 6.07) is 7.07. The molecule has 3 aromatic rings. The topological polar surface area (TPSA) is 166 Å². The summed E-state index contributed by atoms with van der Waals surface area (Å²) in [5.74, 6) is 0.188. The average Bonchev–Trinajstić information content (AvgIpc) is 3.20. The van der Waals surface area contributed by atoms with E-state index in [0.29, 0.717) is 16.9 Å². The minimum absolute atomic E-state index is 0.178. The summed E-state index contributed by atoms with van der Waals surface area (Å²) in [4.78, 5) is 12.4. The summed E-state index contributed by atoms with van der Waals surface area (Å²) < 4.78 is 7.52. The maximum Gasteiger partial charge on any atom is 0.180 e. The van der Waals surface area contributed by atoms with Gasteiger partial charge in [-0.15, -0.1) is 0 Å². The van der Waals surface area contributed by atoms with Crippen LogP contribution >= 0.6 is 0 Å². The third-order valence-corrected chi connectivity index (χ3v) is 4.91. The van der Waals surface area contributed by atoms with Gasteiger partial charge >= 0.3 is 0 Å². The van der Waals surface area contributed by atoms with E-state index in [1.807, 2.05) is 0 Å². The molecule has 0 unspecified atom stereocenters. The van der Waals surface area contributed by atoms with Gasteiger partial charge in [0.15, 0.2) is 17.2 Å². The molecule has 1 aliphatic rings. The summed E-state index contributed by atoms with van der Waals surface area (Å²) >= 11 is 0. The fraction of sp³-hybridized carbons (Fsp3) is 0.353. The van der Waals surface area contributed by atoms with Gasteiger partial charge in [-0.2, -0.15) is 0 Å². The number of nitrogens with zero attached hydrogens (tertiary/aromatic N) is 4. The van der Waals surface area contributed by atoms with Crippen molar-refractivity contribution in [2.24, 2.45) is 0 Å². The molecule has 1 aliphatic heterocycles. The Morgan fingerprint density at radius 2 is 1.85 bits per heavy atom. The van der Waals surface area contributed by atoms with Crippen molar-refractivity contribution < 1.29 is 20.1 Å². The molecule has 0 spiro atoms. The van der Waals surface area contributed by atoms with Crippen molar-refractivity contribution in [1.82, 2.24) is 19.5 Å². The van der Waals surface area contributed by atoms with Gasteiger partial charge in [0, 0.05) is 12.1 Å². The van der Waals surface area contributed by atoms with Gasteiger partial charge in [0.05, 0.1) is 12.9 Å². The summed E-state index contributed by atoms with van der Waals surface area (Å²) in [6.07, 6.45) is -0.708. The maximum atomic E-state index is 10.9. The van der Waals surface area contributed by atoms with Crippen molar-refractivity contribution in [3.05, 3.63) is 42.5 Å². The predicted octanol–water partition coefficient (Wildman–Crippen LogP) is -1.00. The number of hydrogen-bond acceptors (Lipinski definition) is 9. The third kappa shape index (κ3) is 2.70. The first-order chi connectivity index (χ1) is 13.0. The van der Waals surface area contributed by atoms with E-state index in [4.69, 9.17) is 16.2 Å². The van der Waals surface area contributed by atoms with Crippen LogP contribution in [0.1, 0.15) is 5.56 Å². The molecule has 27 heavy (non-hydrogen) atoms. The fourth-order valence-electron chi connectivity index (χ4n) is 3.51. The Morgan fingerprint density at radius 3 is 2.52 bits per heavy atom. The van der Waals surface area contributed by atoms with Crippen LogP contribution in [0, 0.1) is 0 Å². The molecule has 10 heteroatoms. The van der Waals surface area contributed by atoms with E-state index in [1.54, 1.807) is 24.3 Å². The Bertz CT molecular complexity index is 962. The highest BCUT2D eigenvalue weighted by atomic mass is 16.6. The lowest BCUT2D eigenvalue weighted by atomic mass is 9.94. The number of aromatic nitrogens is 4. The summed E-state index contributed by atoms with van der Waals surface area (Å²) in [5.41, 5.74) is 12.3. The minimum Gasteiger partial charge on any atom is -0.399 e. The molecule has 10 nitrogen and oxygen atoms in total. The number of rotatable bonds is 4. The van der Waals surface area contributed by atoms with Crippen LogP contribution in [0.5, 0.6) is 0 Å². The Hall–Kier alpha value is -2.79. The molecule has 2 aromatic heterocycles. The smallest absolute Gasteiger partial charge is 0.180 e. The van der Waals surface area contributed by atoms with Gasteiger partial charge in [-0.1, -0.05) is 12.1 Å². The number of aliphatic hydroxyl groups excluding tert-OH is 3. The largest absolute Gasteiger partial charge is 0.399 e. The normalized spacial score (nSPS) is 28.0. The monoisotopic (exact) mass is 372 g/mol. The molecular weight excluding hydrogens is 352 g/mol. The second-order valence-corrected chi connectivity index (χ2v) is 6.58. The Morgan fingerprint density at radius 1 is 1.11 bits per heavy atom. The quantitative estimate of drug-likeness (QED) is 0.361. The molecule has 0 amide bonds. The van der Waals surface area contributed by atoms with Crippen LogP contribution in [0.2, 0.25) is 0 Å². The van der Waals surface area contributed by atoms with Crippen molar-refractivity contribution in [2.75, 3.05) is 18.1 Å². The molecule has 0 saturated carbocycles. The molecule has 142 valence electrons. The molecule has 4 rings (SSSR count). The zero-order valence-electron chi connectivity index (χ0n) is 14.3.